The van der Waals surface area contributed by atoms with E-state index in [1.165, 1.54) is 18.2 Å². The number of amides is 1. The van der Waals surface area contributed by atoms with Crippen molar-refractivity contribution in [2.75, 3.05) is 26.2 Å². The van der Waals surface area contributed by atoms with Crippen LogP contribution in [-0.2, 0) is 11.2 Å². The van der Waals surface area contributed by atoms with E-state index >= 15 is 0 Å². The molecule has 2 N–H and O–H groups in total. The Morgan fingerprint density at radius 3 is 2.71 bits per heavy atom. The fourth-order valence-corrected chi connectivity index (χ4v) is 3.30. The number of hydrogen-bond donors (Lipinski definition) is 2. The maximum Gasteiger partial charge on any atom is 0.234 e. The lowest BCUT2D eigenvalue weighted by atomic mass is 9.83. The molecule has 4 nitrogen and oxygen atoms in total. The molecule has 1 aliphatic heterocycles. The maximum atomic E-state index is 13.7. The van der Waals surface area contributed by atoms with Crippen LogP contribution in [0, 0.1) is 17.0 Å². The fraction of sp³-hybridized carbons (Fsp3) is 0.611. The molecule has 0 aromatic heterocycles. The zero-order valence-electron chi connectivity index (χ0n) is 14.3. The quantitative estimate of drug-likeness (QED) is 0.834. The van der Waals surface area contributed by atoms with E-state index in [-0.39, 0.29) is 42.5 Å². The Kier molecular flexibility index (Phi) is 6.29. The minimum Gasteiger partial charge on any atom is -0.396 e. The number of carbonyl (C=O) groups excluding carboxylic acids is 1. The fourth-order valence-electron chi connectivity index (χ4n) is 3.30. The highest BCUT2D eigenvalue weighted by atomic mass is 19.1. The number of piperidine rings is 1. The summed E-state index contributed by atoms with van der Waals surface area (Å²) in [5, 5.41) is 12.3. The number of likely N-dealkylation sites (tertiary alicyclic amines) is 1. The molecule has 1 aromatic rings. The van der Waals surface area contributed by atoms with Gasteiger partial charge < -0.3 is 10.4 Å². The average Bonchev–Trinajstić information content (AvgIpc) is 2.51. The van der Waals surface area contributed by atoms with Crippen LogP contribution < -0.4 is 5.32 Å². The first-order chi connectivity index (χ1) is 11.3. The molecule has 1 aliphatic rings. The van der Waals surface area contributed by atoms with Gasteiger partial charge in [-0.15, -0.1) is 0 Å². The molecule has 134 valence electrons. The zero-order valence-corrected chi connectivity index (χ0v) is 14.3. The number of carbonyl (C=O) groups is 1. The van der Waals surface area contributed by atoms with Gasteiger partial charge in [-0.1, -0.05) is 13.0 Å². The summed E-state index contributed by atoms with van der Waals surface area (Å²) in [5.74, 6) is -1.35. The first-order valence-electron chi connectivity index (χ1n) is 8.38. The monoisotopic (exact) mass is 340 g/mol. The van der Waals surface area contributed by atoms with Gasteiger partial charge in [0.25, 0.3) is 0 Å². The Balaban J connectivity index is 1.86. The summed E-state index contributed by atoms with van der Waals surface area (Å²) in [7, 11) is 0. The summed E-state index contributed by atoms with van der Waals surface area (Å²) in [6, 6.07) is 3.40. The lowest BCUT2D eigenvalue weighted by Gasteiger charge is -2.39. The van der Waals surface area contributed by atoms with Crippen LogP contribution in [0.1, 0.15) is 32.3 Å². The van der Waals surface area contributed by atoms with Crippen LogP contribution in [0.3, 0.4) is 0 Å². The molecular weight excluding hydrogens is 314 g/mol. The van der Waals surface area contributed by atoms with E-state index in [9.17, 15) is 18.7 Å². The van der Waals surface area contributed by atoms with E-state index < -0.39 is 11.6 Å². The number of nitrogens with zero attached hydrogens (tertiary/aromatic N) is 1. The van der Waals surface area contributed by atoms with Crippen molar-refractivity contribution in [3.05, 3.63) is 35.4 Å². The molecule has 0 bridgehead atoms. The van der Waals surface area contributed by atoms with Gasteiger partial charge in [0, 0.05) is 30.2 Å². The van der Waals surface area contributed by atoms with Gasteiger partial charge in [-0.3, -0.25) is 9.69 Å². The van der Waals surface area contributed by atoms with Crippen LogP contribution in [0.15, 0.2) is 18.2 Å². The Morgan fingerprint density at radius 2 is 2.08 bits per heavy atom. The summed E-state index contributed by atoms with van der Waals surface area (Å²) in [6.07, 6.45) is 2.00. The van der Waals surface area contributed by atoms with Crippen LogP contribution in [0.2, 0.25) is 0 Å². The van der Waals surface area contributed by atoms with Crippen LogP contribution in [-0.4, -0.2) is 48.2 Å². The molecule has 1 saturated heterocycles. The Labute approximate surface area is 141 Å². The standard InChI is InChI=1S/C18H26F2N2O2/c1-13(9-14-15(19)5-3-6-16(14)20)21-17(24)10-22-8-4-7-18(2,11-22)12-23/h3,5-6,13,23H,4,7-12H2,1-2H3,(H,21,24). The molecule has 1 aromatic carbocycles. The number of aliphatic hydroxyl groups excluding tert-OH is 1. The normalized spacial score (nSPS) is 23.0. The number of aliphatic hydroxyl groups is 1. The summed E-state index contributed by atoms with van der Waals surface area (Å²) < 4.78 is 27.3. The van der Waals surface area contributed by atoms with Crippen molar-refractivity contribution in [3.63, 3.8) is 0 Å². The van der Waals surface area contributed by atoms with Gasteiger partial charge in [-0.2, -0.15) is 0 Å². The van der Waals surface area contributed by atoms with Gasteiger partial charge in [0.2, 0.25) is 5.91 Å². The second kappa shape index (κ2) is 8.03. The number of benzene rings is 1. The van der Waals surface area contributed by atoms with E-state index in [1.54, 1.807) is 6.92 Å². The van der Waals surface area contributed by atoms with Crippen molar-refractivity contribution >= 4 is 5.91 Å². The van der Waals surface area contributed by atoms with Gasteiger partial charge in [0.1, 0.15) is 11.6 Å². The van der Waals surface area contributed by atoms with Crippen molar-refractivity contribution in [2.24, 2.45) is 5.41 Å². The number of hydrogen-bond acceptors (Lipinski definition) is 3. The van der Waals surface area contributed by atoms with Gasteiger partial charge in [0.15, 0.2) is 0 Å². The molecule has 1 amide bonds. The molecule has 6 heteroatoms. The Bertz CT molecular complexity index is 562. The number of nitrogens with one attached hydrogen (secondary N) is 1. The van der Waals surface area contributed by atoms with Gasteiger partial charge in [-0.05, 0) is 44.9 Å². The lowest BCUT2D eigenvalue weighted by molar-refractivity contribution is -0.123. The van der Waals surface area contributed by atoms with E-state index in [0.29, 0.717) is 6.54 Å². The molecule has 0 aliphatic carbocycles. The largest absolute Gasteiger partial charge is 0.396 e. The van der Waals surface area contributed by atoms with E-state index in [2.05, 4.69) is 5.32 Å². The SMILES string of the molecule is CC(Cc1c(F)cccc1F)NC(=O)CN1CCCC(C)(CO)C1. The maximum absolute atomic E-state index is 13.7. The minimum atomic E-state index is -0.592. The first-order valence-corrected chi connectivity index (χ1v) is 8.38. The van der Waals surface area contributed by atoms with Crippen molar-refractivity contribution in [2.45, 2.75) is 39.2 Å². The second-order valence-corrected chi connectivity index (χ2v) is 7.16. The summed E-state index contributed by atoms with van der Waals surface area (Å²) in [6.45, 7) is 5.58. The highest BCUT2D eigenvalue weighted by Crippen LogP contribution is 2.28. The third-order valence-electron chi connectivity index (χ3n) is 4.59. The van der Waals surface area contributed by atoms with Crippen LogP contribution >= 0.6 is 0 Å². The third kappa shape index (κ3) is 4.98. The molecule has 2 unspecified atom stereocenters. The van der Waals surface area contributed by atoms with Crippen molar-refractivity contribution < 1.29 is 18.7 Å². The Hall–Kier alpha value is -1.53. The predicted octanol–water partition coefficient (Wildman–Crippen LogP) is 2.11. The minimum absolute atomic E-state index is 0.00359. The number of rotatable bonds is 6. The van der Waals surface area contributed by atoms with Crippen molar-refractivity contribution in [1.82, 2.24) is 10.2 Å². The van der Waals surface area contributed by atoms with E-state index in [0.717, 1.165) is 19.4 Å². The summed E-state index contributed by atoms with van der Waals surface area (Å²) >= 11 is 0. The smallest absolute Gasteiger partial charge is 0.234 e. The summed E-state index contributed by atoms with van der Waals surface area (Å²) in [4.78, 5) is 14.2. The lowest BCUT2D eigenvalue weighted by Crippen LogP contribution is -2.48. The molecule has 1 heterocycles. The molecule has 24 heavy (non-hydrogen) atoms. The topological polar surface area (TPSA) is 52.6 Å². The highest BCUT2D eigenvalue weighted by molar-refractivity contribution is 5.78. The van der Waals surface area contributed by atoms with Crippen molar-refractivity contribution in [3.8, 4) is 0 Å². The van der Waals surface area contributed by atoms with Crippen molar-refractivity contribution in [1.29, 1.82) is 0 Å². The summed E-state index contributed by atoms with van der Waals surface area (Å²) in [5.41, 5.74) is -0.170. The van der Waals surface area contributed by atoms with Gasteiger partial charge >= 0.3 is 0 Å². The van der Waals surface area contributed by atoms with E-state index in [1.807, 2.05) is 11.8 Å². The predicted molar refractivity (Wildman–Crippen MR) is 88.5 cm³/mol. The zero-order chi connectivity index (χ0) is 17.7. The highest BCUT2D eigenvalue weighted by Gasteiger charge is 2.31. The first kappa shape index (κ1) is 18.8. The molecule has 0 radical (unpaired) electrons. The molecule has 0 spiro atoms. The Morgan fingerprint density at radius 1 is 1.42 bits per heavy atom. The molecule has 1 fully saturated rings. The molecule has 2 rings (SSSR count). The molecule has 0 saturated carbocycles. The number of halogens is 2. The third-order valence-corrected chi connectivity index (χ3v) is 4.59. The van der Waals surface area contributed by atoms with Crippen LogP contribution in [0.4, 0.5) is 8.78 Å². The second-order valence-electron chi connectivity index (χ2n) is 7.16. The average molecular weight is 340 g/mol. The van der Waals surface area contributed by atoms with Gasteiger partial charge in [-0.25, -0.2) is 8.78 Å². The van der Waals surface area contributed by atoms with Crippen LogP contribution in [0.5, 0.6) is 0 Å². The van der Waals surface area contributed by atoms with Crippen LogP contribution in [0.25, 0.3) is 0 Å². The molecular formula is C18H26F2N2O2. The van der Waals surface area contributed by atoms with E-state index in [4.69, 9.17) is 0 Å². The molecule has 2 atom stereocenters. The van der Waals surface area contributed by atoms with Gasteiger partial charge in [0.05, 0.1) is 6.54 Å².